The van der Waals surface area contributed by atoms with Crippen LogP contribution < -0.4 is 0 Å². The summed E-state index contributed by atoms with van der Waals surface area (Å²) in [4.78, 5) is 2.50. The number of fused-ring (bicyclic) bond motifs is 1. The van der Waals surface area contributed by atoms with Crippen molar-refractivity contribution in [1.82, 2.24) is 14.7 Å². The van der Waals surface area contributed by atoms with Crippen LogP contribution >= 0.6 is 0 Å². The first-order valence-corrected chi connectivity index (χ1v) is 5.35. The maximum atomic E-state index is 4.48. The van der Waals surface area contributed by atoms with Crippen LogP contribution in [0.15, 0.2) is 0 Å². The average Bonchev–Trinajstić information content (AvgIpc) is 2.42. The van der Waals surface area contributed by atoms with Crippen LogP contribution in [0.3, 0.4) is 0 Å². The zero-order chi connectivity index (χ0) is 10.3. The molecule has 0 spiro atoms. The second kappa shape index (κ2) is 3.39. The van der Waals surface area contributed by atoms with Crippen molar-refractivity contribution in [2.24, 2.45) is 7.05 Å². The maximum Gasteiger partial charge on any atom is 0.0629 e. The molecule has 1 aromatic rings. The monoisotopic (exact) mass is 193 g/mol. The zero-order valence-corrected chi connectivity index (χ0v) is 9.54. The van der Waals surface area contributed by atoms with Crippen molar-refractivity contribution in [3.8, 4) is 0 Å². The normalized spacial score (nSPS) is 17.5. The van der Waals surface area contributed by atoms with Gasteiger partial charge in [0.15, 0.2) is 0 Å². The standard InChI is InChI=1S/C11H19N3/c1-8(2)14-6-5-10-9(3)12-13(4)11(10)7-14/h8H,5-7H2,1-4H3. The van der Waals surface area contributed by atoms with Crippen molar-refractivity contribution in [3.05, 3.63) is 17.0 Å². The third-order valence-electron chi connectivity index (χ3n) is 3.21. The van der Waals surface area contributed by atoms with Gasteiger partial charge in [-0.2, -0.15) is 5.10 Å². The number of aryl methyl sites for hydroxylation is 2. The van der Waals surface area contributed by atoms with Crippen LogP contribution in [0.2, 0.25) is 0 Å². The molecule has 3 heteroatoms. The van der Waals surface area contributed by atoms with Gasteiger partial charge in [0, 0.05) is 26.2 Å². The predicted octanol–water partition coefficient (Wildman–Crippen LogP) is 1.50. The Kier molecular flexibility index (Phi) is 2.35. The molecule has 0 fully saturated rings. The lowest BCUT2D eigenvalue weighted by Gasteiger charge is -2.30. The summed E-state index contributed by atoms with van der Waals surface area (Å²) in [6.07, 6.45) is 1.16. The van der Waals surface area contributed by atoms with Crippen LogP contribution in [0.5, 0.6) is 0 Å². The fraction of sp³-hybridized carbons (Fsp3) is 0.727. The highest BCUT2D eigenvalue weighted by atomic mass is 15.3. The Bertz CT molecular complexity index is 339. The molecular weight excluding hydrogens is 174 g/mol. The van der Waals surface area contributed by atoms with E-state index in [0.717, 1.165) is 13.0 Å². The molecule has 0 aromatic carbocycles. The Morgan fingerprint density at radius 1 is 1.36 bits per heavy atom. The van der Waals surface area contributed by atoms with E-state index in [-0.39, 0.29) is 0 Å². The highest BCUT2D eigenvalue weighted by molar-refractivity contribution is 5.27. The molecule has 0 N–H and O–H groups in total. The second-order valence-corrected chi connectivity index (χ2v) is 4.45. The zero-order valence-electron chi connectivity index (χ0n) is 9.54. The molecule has 1 aliphatic heterocycles. The van der Waals surface area contributed by atoms with Gasteiger partial charge in [0.25, 0.3) is 0 Å². The molecule has 0 aliphatic carbocycles. The Labute approximate surface area is 85.7 Å². The summed E-state index contributed by atoms with van der Waals surface area (Å²) in [5.41, 5.74) is 4.10. The van der Waals surface area contributed by atoms with E-state index in [1.54, 1.807) is 0 Å². The smallest absolute Gasteiger partial charge is 0.0629 e. The Morgan fingerprint density at radius 3 is 2.71 bits per heavy atom. The summed E-state index contributed by atoms with van der Waals surface area (Å²) >= 11 is 0. The summed E-state index contributed by atoms with van der Waals surface area (Å²) in [7, 11) is 2.05. The van der Waals surface area contributed by atoms with E-state index < -0.39 is 0 Å². The number of hydrogen-bond acceptors (Lipinski definition) is 2. The topological polar surface area (TPSA) is 21.1 Å². The van der Waals surface area contributed by atoms with Gasteiger partial charge in [-0.05, 0) is 32.8 Å². The summed E-state index contributed by atoms with van der Waals surface area (Å²) in [5.74, 6) is 0. The summed E-state index contributed by atoms with van der Waals surface area (Å²) in [6.45, 7) is 8.87. The van der Waals surface area contributed by atoms with E-state index in [1.807, 2.05) is 4.68 Å². The van der Waals surface area contributed by atoms with Gasteiger partial charge in [-0.3, -0.25) is 9.58 Å². The predicted molar refractivity (Wildman–Crippen MR) is 57.2 cm³/mol. The lowest BCUT2D eigenvalue weighted by atomic mass is 10.0. The van der Waals surface area contributed by atoms with E-state index in [1.165, 1.54) is 23.5 Å². The summed E-state index contributed by atoms with van der Waals surface area (Å²) in [6, 6.07) is 0.637. The molecule has 0 bridgehead atoms. The van der Waals surface area contributed by atoms with Gasteiger partial charge in [0.2, 0.25) is 0 Å². The van der Waals surface area contributed by atoms with Crippen LogP contribution in [0.4, 0.5) is 0 Å². The first-order valence-electron chi connectivity index (χ1n) is 5.35. The van der Waals surface area contributed by atoms with Gasteiger partial charge in [-0.25, -0.2) is 0 Å². The average molecular weight is 193 g/mol. The minimum atomic E-state index is 0.637. The Hall–Kier alpha value is -0.830. The van der Waals surface area contributed by atoms with E-state index in [0.29, 0.717) is 6.04 Å². The summed E-state index contributed by atoms with van der Waals surface area (Å²) in [5, 5.41) is 4.48. The molecule has 0 unspecified atom stereocenters. The molecule has 2 rings (SSSR count). The molecule has 0 radical (unpaired) electrons. The minimum absolute atomic E-state index is 0.637. The molecule has 0 atom stereocenters. The fourth-order valence-corrected chi connectivity index (χ4v) is 2.24. The molecule has 2 heterocycles. The van der Waals surface area contributed by atoms with E-state index >= 15 is 0 Å². The maximum absolute atomic E-state index is 4.48. The van der Waals surface area contributed by atoms with Crippen molar-refractivity contribution < 1.29 is 0 Å². The van der Waals surface area contributed by atoms with Gasteiger partial charge in [-0.1, -0.05) is 0 Å². The van der Waals surface area contributed by atoms with Crippen molar-refractivity contribution in [2.45, 2.75) is 39.8 Å². The molecular formula is C11H19N3. The van der Waals surface area contributed by atoms with Gasteiger partial charge >= 0.3 is 0 Å². The molecule has 0 amide bonds. The van der Waals surface area contributed by atoms with Crippen molar-refractivity contribution in [1.29, 1.82) is 0 Å². The van der Waals surface area contributed by atoms with Crippen LogP contribution in [0, 0.1) is 6.92 Å². The van der Waals surface area contributed by atoms with Gasteiger partial charge in [0.05, 0.1) is 11.4 Å². The third kappa shape index (κ3) is 1.46. The van der Waals surface area contributed by atoms with Crippen LogP contribution in [-0.4, -0.2) is 27.3 Å². The molecule has 0 saturated carbocycles. The summed E-state index contributed by atoms with van der Waals surface area (Å²) < 4.78 is 2.04. The molecule has 14 heavy (non-hydrogen) atoms. The van der Waals surface area contributed by atoms with Crippen LogP contribution in [0.1, 0.15) is 30.8 Å². The van der Waals surface area contributed by atoms with Crippen LogP contribution in [-0.2, 0) is 20.0 Å². The largest absolute Gasteiger partial charge is 0.295 e. The van der Waals surface area contributed by atoms with E-state index in [2.05, 4.69) is 37.8 Å². The number of hydrogen-bond donors (Lipinski definition) is 0. The highest BCUT2D eigenvalue weighted by Crippen LogP contribution is 2.22. The molecule has 1 aliphatic rings. The van der Waals surface area contributed by atoms with Crippen molar-refractivity contribution >= 4 is 0 Å². The molecule has 1 aromatic heterocycles. The SMILES string of the molecule is Cc1nn(C)c2c1CCN(C(C)C)C2. The molecule has 0 saturated heterocycles. The van der Waals surface area contributed by atoms with E-state index in [9.17, 15) is 0 Å². The van der Waals surface area contributed by atoms with Crippen molar-refractivity contribution in [3.63, 3.8) is 0 Å². The molecule has 78 valence electrons. The lowest BCUT2D eigenvalue weighted by Crippen LogP contribution is -2.36. The highest BCUT2D eigenvalue weighted by Gasteiger charge is 2.23. The lowest BCUT2D eigenvalue weighted by molar-refractivity contribution is 0.197. The Morgan fingerprint density at radius 2 is 2.07 bits per heavy atom. The fourth-order valence-electron chi connectivity index (χ4n) is 2.24. The second-order valence-electron chi connectivity index (χ2n) is 4.45. The first kappa shape index (κ1) is 9.71. The number of nitrogens with zero attached hydrogens (tertiary/aromatic N) is 3. The van der Waals surface area contributed by atoms with Gasteiger partial charge in [-0.15, -0.1) is 0 Å². The Balaban J connectivity index is 2.30. The number of rotatable bonds is 1. The van der Waals surface area contributed by atoms with Crippen molar-refractivity contribution in [2.75, 3.05) is 6.54 Å². The quantitative estimate of drug-likeness (QED) is 0.674. The van der Waals surface area contributed by atoms with E-state index in [4.69, 9.17) is 0 Å². The minimum Gasteiger partial charge on any atom is -0.295 e. The number of aromatic nitrogens is 2. The third-order valence-corrected chi connectivity index (χ3v) is 3.21. The van der Waals surface area contributed by atoms with Crippen LogP contribution in [0.25, 0.3) is 0 Å². The molecule has 3 nitrogen and oxygen atoms in total. The van der Waals surface area contributed by atoms with Gasteiger partial charge in [0.1, 0.15) is 0 Å². The first-order chi connectivity index (χ1) is 6.59. The van der Waals surface area contributed by atoms with Gasteiger partial charge < -0.3 is 0 Å².